The maximum Gasteiger partial charge on any atom is 0.525 e. The van der Waals surface area contributed by atoms with Gasteiger partial charge in [-0.25, -0.2) is 4.39 Å². The zero-order chi connectivity index (χ0) is 18.3. The summed E-state index contributed by atoms with van der Waals surface area (Å²) < 4.78 is 26.7. The highest BCUT2D eigenvalue weighted by Gasteiger charge is 2.72. The Bertz CT molecular complexity index is 650. The molecule has 5 nitrogen and oxygen atoms in total. The maximum atomic E-state index is 15.3. The van der Waals surface area contributed by atoms with Crippen LogP contribution in [0.3, 0.4) is 0 Å². The van der Waals surface area contributed by atoms with Crippen LogP contribution in [0.4, 0.5) is 4.39 Å². The number of hydrogen-bond donors (Lipinski definition) is 1. The predicted molar refractivity (Wildman–Crippen MR) is 85.8 cm³/mol. The molecule has 0 aromatic heterocycles. The first-order valence-electron chi connectivity index (χ1n) is 8.33. The van der Waals surface area contributed by atoms with Gasteiger partial charge in [0.15, 0.2) is 5.78 Å². The van der Waals surface area contributed by atoms with E-state index in [4.69, 9.17) is 9.31 Å². The Morgan fingerprint density at radius 3 is 2.12 bits per heavy atom. The molecule has 2 aliphatic carbocycles. The minimum Gasteiger partial charge on any atom is -0.481 e. The molecule has 0 spiro atoms. The number of ketones is 1. The zero-order valence-electron chi connectivity index (χ0n) is 15.0. The Balaban J connectivity index is 2.13. The summed E-state index contributed by atoms with van der Waals surface area (Å²) in [6.07, 6.45) is 0.728. The molecule has 2 saturated carbocycles. The monoisotopic (exact) mass is 338 g/mol. The fourth-order valence-electron chi connectivity index (χ4n) is 4.51. The van der Waals surface area contributed by atoms with Crippen LogP contribution in [0.15, 0.2) is 11.3 Å². The Hall–Kier alpha value is -1.21. The quantitative estimate of drug-likeness (QED) is 0.619. The number of hydrogen-bond acceptors (Lipinski definition) is 4. The summed E-state index contributed by atoms with van der Waals surface area (Å²) in [4.78, 5) is 24.8. The Morgan fingerprint density at radius 2 is 1.67 bits per heavy atom. The number of carboxylic acid groups (broad SMARTS) is 1. The third-order valence-electron chi connectivity index (χ3n) is 6.83. The van der Waals surface area contributed by atoms with E-state index in [1.165, 1.54) is 0 Å². The van der Waals surface area contributed by atoms with Crippen molar-refractivity contribution in [2.45, 2.75) is 65.6 Å². The van der Waals surface area contributed by atoms with Crippen molar-refractivity contribution < 1.29 is 28.4 Å². The molecule has 0 radical (unpaired) electrons. The standard InChI is InChI=1S/C17H24BFO5/c1-14(2)9-7-8-17(14,13(21)22)10(11(9)20)12(19)18-23-15(3,4)16(5,6)24-18/h9H,7-8H2,1-6H3,(H,21,22). The molecule has 1 heterocycles. The van der Waals surface area contributed by atoms with Crippen molar-refractivity contribution in [1.82, 2.24) is 0 Å². The fraction of sp³-hybridized carbons (Fsp3) is 0.765. The summed E-state index contributed by atoms with van der Waals surface area (Å²) in [7, 11) is -1.35. The van der Waals surface area contributed by atoms with E-state index >= 15 is 4.39 Å². The van der Waals surface area contributed by atoms with E-state index in [1.807, 2.05) is 0 Å². The van der Waals surface area contributed by atoms with Gasteiger partial charge in [-0.05, 0) is 46.0 Å². The molecule has 3 fully saturated rings. The molecule has 2 unspecified atom stereocenters. The summed E-state index contributed by atoms with van der Waals surface area (Å²) in [6.45, 7) is 10.6. The lowest BCUT2D eigenvalue weighted by atomic mass is 9.65. The summed E-state index contributed by atoms with van der Waals surface area (Å²) in [6, 6.07) is 0. The van der Waals surface area contributed by atoms with Gasteiger partial charge in [0.05, 0.1) is 11.2 Å². The van der Waals surface area contributed by atoms with Crippen LogP contribution in [0, 0.1) is 16.7 Å². The Kier molecular flexibility index (Phi) is 3.45. The zero-order valence-corrected chi connectivity index (χ0v) is 15.0. The second-order valence-corrected chi connectivity index (χ2v) is 8.70. The van der Waals surface area contributed by atoms with Crippen LogP contribution in [0.2, 0.25) is 0 Å². The minimum absolute atomic E-state index is 0.255. The number of halogens is 1. The lowest BCUT2D eigenvalue weighted by Gasteiger charge is -2.34. The molecular weight excluding hydrogens is 314 g/mol. The van der Waals surface area contributed by atoms with Crippen molar-refractivity contribution in [2.75, 3.05) is 0 Å². The van der Waals surface area contributed by atoms with Gasteiger partial charge in [0, 0.05) is 11.5 Å². The van der Waals surface area contributed by atoms with E-state index in [0.717, 1.165) is 0 Å². The van der Waals surface area contributed by atoms with Crippen LogP contribution >= 0.6 is 0 Å². The van der Waals surface area contributed by atoms with Gasteiger partial charge in [0.25, 0.3) is 0 Å². The fourth-order valence-corrected chi connectivity index (χ4v) is 4.51. The summed E-state index contributed by atoms with van der Waals surface area (Å²) in [5.41, 5.74) is -5.00. The van der Waals surface area contributed by atoms with Gasteiger partial charge >= 0.3 is 13.1 Å². The highest BCUT2D eigenvalue weighted by Crippen LogP contribution is 2.67. The van der Waals surface area contributed by atoms with Crippen molar-refractivity contribution in [3.63, 3.8) is 0 Å². The summed E-state index contributed by atoms with van der Waals surface area (Å²) >= 11 is 0. The molecule has 24 heavy (non-hydrogen) atoms. The van der Waals surface area contributed by atoms with E-state index in [9.17, 15) is 14.7 Å². The highest BCUT2D eigenvalue weighted by atomic mass is 19.1. The molecule has 1 saturated heterocycles. The maximum absolute atomic E-state index is 15.3. The molecule has 2 bridgehead atoms. The molecule has 2 atom stereocenters. The third kappa shape index (κ3) is 1.83. The van der Waals surface area contributed by atoms with E-state index in [-0.39, 0.29) is 12.0 Å². The topological polar surface area (TPSA) is 72.8 Å². The van der Waals surface area contributed by atoms with E-state index in [2.05, 4.69) is 0 Å². The Morgan fingerprint density at radius 1 is 1.17 bits per heavy atom. The van der Waals surface area contributed by atoms with Gasteiger partial charge in [-0.15, -0.1) is 0 Å². The van der Waals surface area contributed by atoms with Gasteiger partial charge in [0.2, 0.25) is 0 Å². The summed E-state index contributed by atoms with van der Waals surface area (Å²) in [5, 5.41) is 9.88. The number of aliphatic carboxylic acids is 1. The predicted octanol–water partition coefficient (Wildman–Crippen LogP) is 2.93. The van der Waals surface area contributed by atoms with E-state index in [1.54, 1.807) is 41.5 Å². The molecule has 0 aromatic carbocycles. The van der Waals surface area contributed by atoms with Gasteiger partial charge in [-0.2, -0.15) is 0 Å². The SMILES string of the molecule is CC1(C)OB(C(F)=C2C(=O)C3CCC2(C(=O)O)C3(C)C)OC1(C)C. The van der Waals surface area contributed by atoms with E-state index in [0.29, 0.717) is 6.42 Å². The molecule has 0 amide bonds. The highest BCUT2D eigenvalue weighted by molar-refractivity contribution is 6.55. The van der Waals surface area contributed by atoms with Crippen LogP contribution in [0.1, 0.15) is 54.4 Å². The smallest absolute Gasteiger partial charge is 0.481 e. The Labute approximate surface area is 141 Å². The number of Topliss-reactive ketones (excluding diaryl/α,β-unsaturated/α-hetero) is 1. The normalized spacial score (nSPS) is 37.9. The van der Waals surface area contributed by atoms with Crippen molar-refractivity contribution in [3.05, 3.63) is 11.3 Å². The minimum atomic E-state index is -1.51. The average molecular weight is 338 g/mol. The largest absolute Gasteiger partial charge is 0.525 e. The van der Waals surface area contributed by atoms with Crippen LogP contribution in [0.5, 0.6) is 0 Å². The van der Waals surface area contributed by atoms with Crippen molar-refractivity contribution in [2.24, 2.45) is 16.7 Å². The lowest BCUT2D eigenvalue weighted by molar-refractivity contribution is -0.150. The number of carbonyl (C=O) groups is 2. The molecule has 3 aliphatic rings. The van der Waals surface area contributed by atoms with Gasteiger partial charge < -0.3 is 14.4 Å². The number of rotatable bonds is 2. The molecule has 0 aromatic rings. The third-order valence-corrected chi connectivity index (χ3v) is 6.83. The van der Waals surface area contributed by atoms with Crippen LogP contribution in [0.25, 0.3) is 0 Å². The molecule has 1 N–H and O–H groups in total. The molecule has 1 aliphatic heterocycles. The average Bonchev–Trinajstić information content (AvgIpc) is 2.88. The molecule has 3 rings (SSSR count). The van der Waals surface area contributed by atoms with Gasteiger partial charge in [-0.3, -0.25) is 9.59 Å². The first kappa shape index (κ1) is 17.6. The van der Waals surface area contributed by atoms with Crippen molar-refractivity contribution in [1.29, 1.82) is 0 Å². The van der Waals surface area contributed by atoms with Crippen LogP contribution < -0.4 is 0 Å². The van der Waals surface area contributed by atoms with Gasteiger partial charge in [-0.1, -0.05) is 13.8 Å². The first-order valence-corrected chi connectivity index (χ1v) is 8.33. The van der Waals surface area contributed by atoms with Crippen LogP contribution in [-0.4, -0.2) is 35.2 Å². The number of fused-ring (bicyclic) bond motifs is 2. The number of carbonyl (C=O) groups excluding carboxylic acids is 1. The molecule has 7 heteroatoms. The van der Waals surface area contributed by atoms with Crippen LogP contribution in [-0.2, 0) is 18.9 Å². The molecule has 132 valence electrons. The second-order valence-electron chi connectivity index (χ2n) is 8.70. The second kappa shape index (κ2) is 4.70. The van der Waals surface area contributed by atoms with E-state index < -0.39 is 52.5 Å². The van der Waals surface area contributed by atoms with Crippen molar-refractivity contribution in [3.8, 4) is 0 Å². The van der Waals surface area contributed by atoms with Crippen molar-refractivity contribution >= 4 is 18.9 Å². The lowest BCUT2D eigenvalue weighted by Crippen LogP contribution is -2.41. The number of carboxylic acids is 1. The van der Waals surface area contributed by atoms with Gasteiger partial charge in [0.1, 0.15) is 11.1 Å². The first-order chi connectivity index (χ1) is 10.8. The summed E-state index contributed by atoms with van der Waals surface area (Å²) in [5.74, 6) is -2.04. The molecular formula is C17H24BFO5.